The Morgan fingerprint density at radius 2 is 2.07 bits per heavy atom. The summed E-state index contributed by atoms with van der Waals surface area (Å²) < 4.78 is 0. The zero-order chi connectivity index (χ0) is 10.9. The highest BCUT2D eigenvalue weighted by Crippen LogP contribution is 2.16. The van der Waals surface area contributed by atoms with E-state index in [9.17, 15) is 4.79 Å². The van der Waals surface area contributed by atoms with E-state index in [4.69, 9.17) is 5.26 Å². The lowest BCUT2D eigenvalue weighted by atomic mass is 9.95. The van der Waals surface area contributed by atoms with Crippen molar-refractivity contribution < 1.29 is 4.79 Å². The summed E-state index contributed by atoms with van der Waals surface area (Å²) >= 11 is 0. The minimum Gasteiger partial charge on any atom is -0.354 e. The fraction of sp³-hybridized carbons (Fsp3) is 0.818. The molecule has 1 fully saturated rings. The average molecular weight is 209 g/mol. The van der Waals surface area contributed by atoms with Gasteiger partial charge < -0.3 is 10.6 Å². The van der Waals surface area contributed by atoms with Gasteiger partial charge in [-0.3, -0.25) is 4.79 Å². The summed E-state index contributed by atoms with van der Waals surface area (Å²) in [6, 6.07) is 2.51. The number of hydrogen-bond acceptors (Lipinski definition) is 3. The molecule has 1 aliphatic carbocycles. The van der Waals surface area contributed by atoms with E-state index in [0.717, 1.165) is 0 Å². The second-order valence-corrected chi connectivity index (χ2v) is 3.97. The van der Waals surface area contributed by atoms with E-state index in [0.29, 0.717) is 25.6 Å². The number of carbonyl (C=O) groups excluding carboxylic acids is 1. The van der Waals surface area contributed by atoms with E-state index in [-0.39, 0.29) is 5.91 Å². The molecule has 0 heterocycles. The van der Waals surface area contributed by atoms with E-state index >= 15 is 0 Å². The fourth-order valence-electron chi connectivity index (χ4n) is 1.86. The quantitative estimate of drug-likeness (QED) is 0.662. The third-order valence-corrected chi connectivity index (χ3v) is 2.72. The van der Waals surface area contributed by atoms with Crippen molar-refractivity contribution in [2.75, 3.05) is 13.1 Å². The summed E-state index contributed by atoms with van der Waals surface area (Å²) in [7, 11) is 0. The Labute approximate surface area is 91.0 Å². The van der Waals surface area contributed by atoms with Gasteiger partial charge >= 0.3 is 0 Å². The van der Waals surface area contributed by atoms with Gasteiger partial charge in [0.15, 0.2) is 0 Å². The molecular formula is C11H19N3O. The maximum Gasteiger partial charge on any atom is 0.233 e. The Balaban J connectivity index is 2.03. The lowest BCUT2D eigenvalue weighted by Gasteiger charge is -2.22. The van der Waals surface area contributed by atoms with Gasteiger partial charge in [0.2, 0.25) is 5.91 Å². The number of rotatable bonds is 5. The van der Waals surface area contributed by atoms with Gasteiger partial charge in [0, 0.05) is 12.6 Å². The summed E-state index contributed by atoms with van der Waals surface area (Å²) in [6.45, 7) is 0.845. The number of nitrogens with one attached hydrogen (secondary N) is 2. The molecule has 4 nitrogen and oxygen atoms in total. The molecule has 1 aliphatic rings. The van der Waals surface area contributed by atoms with Crippen LogP contribution in [0.4, 0.5) is 0 Å². The monoisotopic (exact) mass is 209 g/mol. The molecule has 4 heteroatoms. The van der Waals surface area contributed by atoms with Crippen LogP contribution < -0.4 is 10.6 Å². The summed E-state index contributed by atoms with van der Waals surface area (Å²) in [5.74, 6) is -0.00387. The Kier molecular flexibility index (Phi) is 5.79. The van der Waals surface area contributed by atoms with Crippen molar-refractivity contribution in [1.82, 2.24) is 10.6 Å². The maximum atomic E-state index is 11.3. The minimum absolute atomic E-state index is 0.00387. The van der Waals surface area contributed by atoms with E-state index in [1.807, 2.05) is 6.07 Å². The maximum absolute atomic E-state index is 11.3. The topological polar surface area (TPSA) is 64.9 Å². The number of nitrogens with zero attached hydrogens (tertiary/aromatic N) is 1. The van der Waals surface area contributed by atoms with E-state index in [1.165, 1.54) is 32.1 Å². The summed E-state index contributed by atoms with van der Waals surface area (Å²) in [6.07, 6.45) is 6.63. The van der Waals surface area contributed by atoms with E-state index < -0.39 is 0 Å². The highest BCUT2D eigenvalue weighted by molar-refractivity contribution is 5.77. The molecule has 0 aromatic carbocycles. The van der Waals surface area contributed by atoms with Crippen LogP contribution in [0.1, 0.15) is 38.5 Å². The predicted octanol–water partition coefficient (Wildman–Crippen LogP) is 0.939. The van der Waals surface area contributed by atoms with Crippen LogP contribution in [-0.4, -0.2) is 25.0 Å². The van der Waals surface area contributed by atoms with Crippen molar-refractivity contribution >= 4 is 5.91 Å². The van der Waals surface area contributed by atoms with Gasteiger partial charge in [-0.2, -0.15) is 5.26 Å². The normalized spacial score (nSPS) is 17.0. The molecule has 0 bridgehead atoms. The van der Waals surface area contributed by atoms with Crippen molar-refractivity contribution in [3.8, 4) is 6.07 Å². The Morgan fingerprint density at radius 1 is 1.33 bits per heavy atom. The standard InChI is InChI=1S/C11H19N3O/c12-7-4-8-13-11(15)9-14-10-5-2-1-3-6-10/h10,14H,1-6,8-9H2,(H,13,15). The lowest BCUT2D eigenvalue weighted by molar-refractivity contribution is -0.120. The highest BCUT2D eigenvalue weighted by Gasteiger charge is 2.13. The summed E-state index contributed by atoms with van der Waals surface area (Å²) in [4.78, 5) is 11.3. The fourth-order valence-corrected chi connectivity index (χ4v) is 1.86. The zero-order valence-corrected chi connectivity index (χ0v) is 9.09. The third-order valence-electron chi connectivity index (χ3n) is 2.72. The van der Waals surface area contributed by atoms with Gasteiger partial charge in [-0.25, -0.2) is 0 Å². The van der Waals surface area contributed by atoms with Crippen LogP contribution in [0.25, 0.3) is 0 Å². The molecule has 0 aliphatic heterocycles. The average Bonchev–Trinajstić information content (AvgIpc) is 2.28. The lowest BCUT2D eigenvalue weighted by Crippen LogP contribution is -2.40. The summed E-state index contributed by atoms with van der Waals surface area (Å²) in [5.41, 5.74) is 0. The first-order valence-electron chi connectivity index (χ1n) is 5.70. The van der Waals surface area contributed by atoms with Crippen LogP contribution in [-0.2, 0) is 4.79 Å². The number of amides is 1. The first kappa shape index (κ1) is 12.0. The van der Waals surface area contributed by atoms with Gasteiger partial charge in [0.1, 0.15) is 0 Å². The molecule has 0 unspecified atom stereocenters. The Morgan fingerprint density at radius 3 is 2.73 bits per heavy atom. The van der Waals surface area contributed by atoms with Gasteiger partial charge in [-0.15, -0.1) is 0 Å². The van der Waals surface area contributed by atoms with E-state index in [1.54, 1.807) is 0 Å². The predicted molar refractivity (Wildman–Crippen MR) is 58.1 cm³/mol. The molecule has 0 saturated heterocycles. The van der Waals surface area contributed by atoms with Crippen LogP contribution in [0, 0.1) is 11.3 Å². The molecule has 2 N–H and O–H groups in total. The number of nitriles is 1. The molecule has 0 aromatic heterocycles. The number of hydrogen-bond donors (Lipinski definition) is 2. The molecule has 1 amide bonds. The number of carbonyl (C=O) groups is 1. The molecule has 1 saturated carbocycles. The van der Waals surface area contributed by atoms with Gasteiger partial charge in [0.05, 0.1) is 19.0 Å². The molecule has 1 rings (SSSR count). The Bertz CT molecular complexity index is 228. The highest BCUT2D eigenvalue weighted by atomic mass is 16.1. The second-order valence-electron chi connectivity index (χ2n) is 3.97. The first-order valence-corrected chi connectivity index (χ1v) is 5.70. The van der Waals surface area contributed by atoms with Gasteiger partial charge in [0.25, 0.3) is 0 Å². The zero-order valence-electron chi connectivity index (χ0n) is 9.09. The van der Waals surface area contributed by atoms with Crippen LogP contribution in [0.2, 0.25) is 0 Å². The van der Waals surface area contributed by atoms with Gasteiger partial charge in [-0.05, 0) is 12.8 Å². The van der Waals surface area contributed by atoms with E-state index in [2.05, 4.69) is 10.6 Å². The molecular weight excluding hydrogens is 190 g/mol. The molecule has 84 valence electrons. The largest absolute Gasteiger partial charge is 0.354 e. The van der Waals surface area contributed by atoms with Crippen LogP contribution in [0.15, 0.2) is 0 Å². The first-order chi connectivity index (χ1) is 7.33. The molecule has 15 heavy (non-hydrogen) atoms. The van der Waals surface area contributed by atoms with Crippen molar-refractivity contribution in [3.05, 3.63) is 0 Å². The second kappa shape index (κ2) is 7.24. The Hall–Kier alpha value is -1.08. The van der Waals surface area contributed by atoms with Crippen molar-refractivity contribution in [2.45, 2.75) is 44.6 Å². The van der Waals surface area contributed by atoms with Crippen LogP contribution in [0.3, 0.4) is 0 Å². The smallest absolute Gasteiger partial charge is 0.233 e. The van der Waals surface area contributed by atoms with Crippen molar-refractivity contribution in [3.63, 3.8) is 0 Å². The van der Waals surface area contributed by atoms with Crippen molar-refractivity contribution in [1.29, 1.82) is 5.26 Å². The van der Waals surface area contributed by atoms with Crippen LogP contribution in [0.5, 0.6) is 0 Å². The SMILES string of the molecule is N#CCCNC(=O)CNC1CCCCC1. The molecule has 0 radical (unpaired) electrons. The minimum atomic E-state index is -0.00387. The van der Waals surface area contributed by atoms with Crippen molar-refractivity contribution in [2.24, 2.45) is 0 Å². The van der Waals surface area contributed by atoms with Gasteiger partial charge in [-0.1, -0.05) is 19.3 Å². The summed E-state index contributed by atoms with van der Waals surface area (Å²) in [5, 5.41) is 14.2. The van der Waals surface area contributed by atoms with Crippen LogP contribution >= 0.6 is 0 Å². The molecule has 0 atom stereocenters. The third kappa shape index (κ3) is 5.38. The molecule has 0 aromatic rings. The molecule has 0 spiro atoms.